The minimum Gasteiger partial charge on any atom is -0.326 e. The Hall–Kier alpha value is -3.06. The second-order valence-electron chi connectivity index (χ2n) is 7.20. The zero-order chi connectivity index (χ0) is 20.8. The van der Waals surface area contributed by atoms with Gasteiger partial charge in [0.05, 0.1) is 0 Å². The number of carbonyl (C=O) groups excluding carboxylic acids is 2. The zero-order valence-electron chi connectivity index (χ0n) is 16.7. The van der Waals surface area contributed by atoms with Crippen LogP contribution in [0.5, 0.6) is 0 Å². The summed E-state index contributed by atoms with van der Waals surface area (Å²) in [5.41, 5.74) is 2.28. The van der Waals surface area contributed by atoms with E-state index in [0.29, 0.717) is 22.3 Å². The van der Waals surface area contributed by atoms with E-state index < -0.39 is 0 Å². The van der Waals surface area contributed by atoms with E-state index in [9.17, 15) is 9.59 Å². The quantitative estimate of drug-likeness (QED) is 0.592. The predicted octanol–water partition coefficient (Wildman–Crippen LogP) is 4.73. The van der Waals surface area contributed by atoms with E-state index in [1.807, 2.05) is 32.0 Å². The van der Waals surface area contributed by atoms with Gasteiger partial charge >= 0.3 is 0 Å². The van der Waals surface area contributed by atoms with Crippen LogP contribution in [0.4, 0.5) is 10.8 Å². The Morgan fingerprint density at radius 3 is 2.45 bits per heavy atom. The van der Waals surface area contributed by atoms with Gasteiger partial charge in [0.25, 0.3) is 5.91 Å². The van der Waals surface area contributed by atoms with Gasteiger partial charge in [0.15, 0.2) is 0 Å². The first-order valence-corrected chi connectivity index (χ1v) is 10.3. The summed E-state index contributed by atoms with van der Waals surface area (Å²) >= 11 is 1.37. The largest absolute Gasteiger partial charge is 0.326 e. The maximum atomic E-state index is 12.6. The molecule has 0 aliphatic carbocycles. The van der Waals surface area contributed by atoms with Gasteiger partial charge in [-0.1, -0.05) is 68.5 Å². The summed E-state index contributed by atoms with van der Waals surface area (Å²) in [7, 11) is 0. The van der Waals surface area contributed by atoms with Crippen LogP contribution in [0, 0.1) is 5.92 Å². The molecule has 1 atom stereocenters. The molecule has 0 saturated heterocycles. The molecule has 7 heteroatoms. The molecule has 0 fully saturated rings. The van der Waals surface area contributed by atoms with Crippen LogP contribution in [-0.2, 0) is 11.2 Å². The van der Waals surface area contributed by atoms with Gasteiger partial charge in [0, 0.05) is 23.6 Å². The third-order valence-corrected chi connectivity index (χ3v) is 5.31. The van der Waals surface area contributed by atoms with Crippen molar-refractivity contribution in [1.29, 1.82) is 0 Å². The molecular weight excluding hydrogens is 384 g/mol. The molecule has 29 heavy (non-hydrogen) atoms. The summed E-state index contributed by atoms with van der Waals surface area (Å²) in [6.45, 7) is 5.78. The van der Waals surface area contributed by atoms with Crippen LogP contribution in [0.1, 0.15) is 47.6 Å². The molecule has 1 aromatic heterocycles. The van der Waals surface area contributed by atoms with Gasteiger partial charge in [-0.05, 0) is 29.7 Å². The number of carbonyl (C=O) groups is 2. The lowest BCUT2D eigenvalue weighted by molar-refractivity contribution is -0.118. The second kappa shape index (κ2) is 9.43. The van der Waals surface area contributed by atoms with E-state index in [1.54, 1.807) is 24.3 Å². The molecule has 2 amide bonds. The van der Waals surface area contributed by atoms with Gasteiger partial charge in [0.1, 0.15) is 5.01 Å². The molecule has 3 rings (SSSR count). The number of aromatic nitrogens is 2. The van der Waals surface area contributed by atoms with Gasteiger partial charge in [-0.15, -0.1) is 10.2 Å². The fourth-order valence-electron chi connectivity index (χ4n) is 2.74. The predicted molar refractivity (Wildman–Crippen MR) is 116 cm³/mol. The Morgan fingerprint density at radius 2 is 1.72 bits per heavy atom. The van der Waals surface area contributed by atoms with E-state index in [4.69, 9.17) is 0 Å². The van der Waals surface area contributed by atoms with E-state index >= 15 is 0 Å². The average Bonchev–Trinajstić information content (AvgIpc) is 3.15. The molecule has 2 aromatic carbocycles. The Morgan fingerprint density at radius 1 is 0.966 bits per heavy atom. The van der Waals surface area contributed by atoms with E-state index in [0.717, 1.165) is 11.4 Å². The average molecular weight is 409 g/mol. The number of benzene rings is 2. The molecular formula is C22H24N4O2S. The minimum atomic E-state index is -0.288. The molecule has 0 bridgehead atoms. The molecule has 150 valence electrons. The van der Waals surface area contributed by atoms with E-state index in [-0.39, 0.29) is 17.7 Å². The fourth-order valence-corrected chi connectivity index (χ4v) is 3.61. The summed E-state index contributed by atoms with van der Waals surface area (Å²) in [6, 6.07) is 17.1. The summed E-state index contributed by atoms with van der Waals surface area (Å²) in [5, 5.41) is 15.2. The van der Waals surface area contributed by atoms with Crippen molar-refractivity contribution in [2.45, 2.75) is 33.1 Å². The van der Waals surface area contributed by atoms with Crippen LogP contribution >= 0.6 is 11.3 Å². The smallest absolute Gasteiger partial charge is 0.257 e. The van der Waals surface area contributed by atoms with E-state index in [1.165, 1.54) is 16.9 Å². The SMILES string of the molecule is CC(C)C(=O)Nc1cccc(C(=O)Nc2nnc(C[C@@H](C)c3ccccc3)s2)c1. The van der Waals surface area contributed by atoms with Gasteiger partial charge in [-0.2, -0.15) is 0 Å². The van der Waals surface area contributed by atoms with Crippen molar-refractivity contribution < 1.29 is 9.59 Å². The van der Waals surface area contributed by atoms with Gasteiger partial charge in [-0.3, -0.25) is 14.9 Å². The van der Waals surface area contributed by atoms with Crippen LogP contribution in [0.3, 0.4) is 0 Å². The van der Waals surface area contributed by atoms with Crippen LogP contribution in [0.15, 0.2) is 54.6 Å². The van der Waals surface area contributed by atoms with Crippen LogP contribution in [0.2, 0.25) is 0 Å². The molecule has 1 heterocycles. The van der Waals surface area contributed by atoms with Crippen LogP contribution < -0.4 is 10.6 Å². The van der Waals surface area contributed by atoms with Gasteiger partial charge in [-0.25, -0.2) is 0 Å². The van der Waals surface area contributed by atoms with Crippen LogP contribution in [0.25, 0.3) is 0 Å². The summed E-state index contributed by atoms with van der Waals surface area (Å²) in [4.78, 5) is 24.4. The highest BCUT2D eigenvalue weighted by atomic mass is 32.1. The number of hydrogen-bond acceptors (Lipinski definition) is 5. The molecule has 3 aromatic rings. The van der Waals surface area contributed by atoms with Crippen molar-refractivity contribution in [2.75, 3.05) is 10.6 Å². The first-order chi connectivity index (χ1) is 13.9. The maximum Gasteiger partial charge on any atom is 0.257 e. The number of nitrogens with zero attached hydrogens (tertiary/aromatic N) is 2. The summed E-state index contributed by atoms with van der Waals surface area (Å²) in [6.07, 6.45) is 0.758. The first-order valence-electron chi connectivity index (χ1n) is 9.52. The lowest BCUT2D eigenvalue weighted by Crippen LogP contribution is -2.18. The summed E-state index contributed by atoms with van der Waals surface area (Å²) < 4.78 is 0. The number of anilines is 2. The van der Waals surface area contributed by atoms with Crippen molar-refractivity contribution in [3.05, 3.63) is 70.7 Å². The Labute approximate surface area is 174 Å². The molecule has 0 aliphatic heterocycles. The lowest BCUT2D eigenvalue weighted by Gasteiger charge is -2.09. The molecule has 0 radical (unpaired) electrons. The highest BCUT2D eigenvalue weighted by Crippen LogP contribution is 2.24. The second-order valence-corrected chi connectivity index (χ2v) is 8.26. The number of amides is 2. The third kappa shape index (κ3) is 5.71. The molecule has 0 unspecified atom stereocenters. The van der Waals surface area contributed by atoms with Crippen molar-refractivity contribution in [3.63, 3.8) is 0 Å². The Bertz CT molecular complexity index is 985. The minimum absolute atomic E-state index is 0.0936. The Balaban J connectivity index is 1.62. The standard InChI is InChI=1S/C22H24N4O2S/c1-14(2)20(27)23-18-11-7-10-17(13-18)21(28)24-22-26-25-19(29-22)12-15(3)16-8-5-4-6-9-16/h4-11,13-15H,12H2,1-3H3,(H,23,27)(H,24,26,28)/t15-/m1/s1. The fraction of sp³-hybridized carbons (Fsp3) is 0.273. The maximum absolute atomic E-state index is 12.6. The van der Waals surface area contributed by atoms with Crippen molar-refractivity contribution in [2.24, 2.45) is 5.92 Å². The highest BCUT2D eigenvalue weighted by molar-refractivity contribution is 7.15. The van der Waals surface area contributed by atoms with E-state index in [2.05, 4.69) is 39.9 Å². The van der Waals surface area contributed by atoms with Crippen LogP contribution in [-0.4, -0.2) is 22.0 Å². The van der Waals surface area contributed by atoms with Crippen molar-refractivity contribution in [3.8, 4) is 0 Å². The number of hydrogen-bond donors (Lipinski definition) is 2. The topological polar surface area (TPSA) is 84.0 Å². The summed E-state index contributed by atoms with van der Waals surface area (Å²) in [5.74, 6) is -0.201. The normalized spacial score (nSPS) is 11.9. The third-order valence-electron chi connectivity index (χ3n) is 4.45. The molecule has 6 nitrogen and oxygen atoms in total. The number of nitrogens with one attached hydrogen (secondary N) is 2. The lowest BCUT2D eigenvalue weighted by atomic mass is 9.98. The van der Waals surface area contributed by atoms with Gasteiger partial charge in [0.2, 0.25) is 11.0 Å². The molecule has 0 aliphatic rings. The Kier molecular flexibility index (Phi) is 6.72. The van der Waals surface area contributed by atoms with Crippen molar-refractivity contribution in [1.82, 2.24) is 10.2 Å². The zero-order valence-corrected chi connectivity index (χ0v) is 17.5. The van der Waals surface area contributed by atoms with Crippen molar-refractivity contribution >= 4 is 34.0 Å². The highest BCUT2D eigenvalue weighted by Gasteiger charge is 2.14. The molecule has 0 saturated carbocycles. The van der Waals surface area contributed by atoms with Gasteiger partial charge < -0.3 is 5.32 Å². The first kappa shape index (κ1) is 20.7. The number of rotatable bonds is 7. The monoisotopic (exact) mass is 408 g/mol. The molecule has 2 N–H and O–H groups in total. The molecule has 0 spiro atoms.